The molecule has 0 heterocycles. The second kappa shape index (κ2) is 7.65. The third-order valence-corrected chi connectivity index (χ3v) is 3.28. The molecule has 2 aromatic carbocycles. The van der Waals surface area contributed by atoms with Crippen molar-refractivity contribution in [2.75, 3.05) is 19.0 Å². The van der Waals surface area contributed by atoms with Gasteiger partial charge in [0.05, 0.1) is 12.8 Å². The van der Waals surface area contributed by atoms with E-state index < -0.39 is 0 Å². The normalized spacial score (nSPS) is 10.0. The van der Waals surface area contributed by atoms with Crippen LogP contribution in [0.1, 0.15) is 17.3 Å². The maximum atomic E-state index is 12.0. The molecule has 1 amide bonds. The van der Waals surface area contributed by atoms with Gasteiger partial charge >= 0.3 is 0 Å². The maximum Gasteiger partial charge on any atom is 0.262 e. The van der Waals surface area contributed by atoms with Gasteiger partial charge in [-0.3, -0.25) is 9.59 Å². The molecule has 1 N–H and O–H groups in total. The fraction of sp³-hybridized carbons (Fsp3) is 0.176. The summed E-state index contributed by atoms with van der Waals surface area (Å²) in [6, 6.07) is 11.6. The Labute approximate surface area is 139 Å². The fourth-order valence-electron chi connectivity index (χ4n) is 1.92. The molecule has 0 aliphatic rings. The van der Waals surface area contributed by atoms with Crippen LogP contribution in [0.15, 0.2) is 42.5 Å². The van der Waals surface area contributed by atoms with Crippen LogP contribution in [0.2, 0.25) is 5.02 Å². The highest BCUT2D eigenvalue weighted by Crippen LogP contribution is 2.27. The van der Waals surface area contributed by atoms with Crippen molar-refractivity contribution >= 4 is 29.0 Å². The van der Waals surface area contributed by atoms with Gasteiger partial charge in [0, 0.05) is 10.6 Å². The van der Waals surface area contributed by atoms with Crippen LogP contribution in [-0.4, -0.2) is 25.4 Å². The molecule has 2 rings (SSSR count). The molecule has 0 aliphatic heterocycles. The summed E-state index contributed by atoms with van der Waals surface area (Å²) < 4.78 is 10.6. The second-order valence-electron chi connectivity index (χ2n) is 4.77. The molecule has 0 saturated carbocycles. The Balaban J connectivity index is 1.99. The molecular weight excluding hydrogens is 318 g/mol. The lowest BCUT2D eigenvalue weighted by molar-refractivity contribution is -0.118. The Morgan fingerprint density at radius 3 is 2.65 bits per heavy atom. The summed E-state index contributed by atoms with van der Waals surface area (Å²) in [5.41, 5.74) is 0.991. The van der Waals surface area contributed by atoms with E-state index in [2.05, 4.69) is 5.32 Å². The van der Waals surface area contributed by atoms with Gasteiger partial charge < -0.3 is 14.8 Å². The van der Waals surface area contributed by atoms with E-state index in [0.717, 1.165) is 0 Å². The number of rotatable bonds is 6. The molecule has 0 spiro atoms. The van der Waals surface area contributed by atoms with E-state index in [-0.39, 0.29) is 18.3 Å². The molecule has 120 valence electrons. The predicted octanol–water partition coefficient (Wildman–Crippen LogP) is 3.57. The van der Waals surface area contributed by atoms with Gasteiger partial charge in [0.1, 0.15) is 11.5 Å². The highest BCUT2D eigenvalue weighted by atomic mass is 35.5. The first-order chi connectivity index (χ1) is 11.0. The van der Waals surface area contributed by atoms with Crippen molar-refractivity contribution in [3.8, 4) is 11.5 Å². The first-order valence-electron chi connectivity index (χ1n) is 6.87. The van der Waals surface area contributed by atoms with Gasteiger partial charge in [-0.05, 0) is 37.3 Å². The molecule has 0 unspecified atom stereocenters. The molecule has 0 bridgehead atoms. The summed E-state index contributed by atoms with van der Waals surface area (Å²) in [4.78, 5) is 23.3. The lowest BCUT2D eigenvalue weighted by Gasteiger charge is -2.11. The van der Waals surface area contributed by atoms with Gasteiger partial charge in [0.15, 0.2) is 12.4 Å². The van der Waals surface area contributed by atoms with Gasteiger partial charge in [0.2, 0.25) is 0 Å². The summed E-state index contributed by atoms with van der Waals surface area (Å²) in [7, 11) is 1.50. The van der Waals surface area contributed by atoms with E-state index in [0.29, 0.717) is 27.8 Å². The highest BCUT2D eigenvalue weighted by Gasteiger charge is 2.09. The number of halogens is 1. The number of ether oxygens (including phenoxy) is 2. The maximum absolute atomic E-state index is 12.0. The molecule has 2 aromatic rings. The predicted molar refractivity (Wildman–Crippen MR) is 88.6 cm³/mol. The SMILES string of the molecule is COc1ccc(Cl)cc1NC(=O)COc1cccc(C(C)=O)c1. The molecule has 0 saturated heterocycles. The summed E-state index contributed by atoms with van der Waals surface area (Å²) in [6.07, 6.45) is 0. The lowest BCUT2D eigenvalue weighted by Crippen LogP contribution is -2.20. The summed E-state index contributed by atoms with van der Waals surface area (Å²) in [6.45, 7) is 1.27. The van der Waals surface area contributed by atoms with Gasteiger partial charge in [-0.25, -0.2) is 0 Å². The number of nitrogens with one attached hydrogen (secondary N) is 1. The zero-order valence-corrected chi connectivity index (χ0v) is 13.5. The number of ketones is 1. The molecule has 6 heteroatoms. The van der Waals surface area contributed by atoms with Crippen molar-refractivity contribution in [2.24, 2.45) is 0 Å². The number of hydrogen-bond acceptors (Lipinski definition) is 4. The molecule has 0 radical (unpaired) electrons. The van der Waals surface area contributed by atoms with Crippen LogP contribution in [0.4, 0.5) is 5.69 Å². The quantitative estimate of drug-likeness (QED) is 0.821. The van der Waals surface area contributed by atoms with Crippen molar-refractivity contribution in [1.29, 1.82) is 0 Å². The van der Waals surface area contributed by atoms with Crippen molar-refractivity contribution in [1.82, 2.24) is 0 Å². The monoisotopic (exact) mass is 333 g/mol. The number of methoxy groups -OCH3 is 1. The third kappa shape index (κ3) is 4.72. The lowest BCUT2D eigenvalue weighted by atomic mass is 10.1. The van der Waals surface area contributed by atoms with Crippen molar-refractivity contribution < 1.29 is 19.1 Å². The Morgan fingerprint density at radius 1 is 1.17 bits per heavy atom. The van der Waals surface area contributed by atoms with Crippen LogP contribution >= 0.6 is 11.6 Å². The topological polar surface area (TPSA) is 64.6 Å². The Bertz CT molecular complexity index is 730. The molecule has 23 heavy (non-hydrogen) atoms. The molecule has 0 atom stereocenters. The second-order valence-corrected chi connectivity index (χ2v) is 5.20. The van der Waals surface area contributed by atoms with E-state index in [9.17, 15) is 9.59 Å². The van der Waals surface area contributed by atoms with Gasteiger partial charge in [-0.2, -0.15) is 0 Å². The van der Waals surface area contributed by atoms with E-state index in [4.69, 9.17) is 21.1 Å². The van der Waals surface area contributed by atoms with Crippen molar-refractivity contribution in [3.63, 3.8) is 0 Å². The number of benzene rings is 2. The zero-order valence-electron chi connectivity index (χ0n) is 12.8. The van der Waals surface area contributed by atoms with Gasteiger partial charge in [-0.1, -0.05) is 23.7 Å². The summed E-state index contributed by atoms with van der Waals surface area (Å²) in [5, 5.41) is 3.15. The smallest absolute Gasteiger partial charge is 0.262 e. The number of carbonyl (C=O) groups is 2. The van der Waals surface area contributed by atoms with E-state index in [1.165, 1.54) is 14.0 Å². The minimum Gasteiger partial charge on any atom is -0.495 e. The van der Waals surface area contributed by atoms with Crippen LogP contribution in [-0.2, 0) is 4.79 Å². The van der Waals surface area contributed by atoms with E-state index in [1.54, 1.807) is 42.5 Å². The average molecular weight is 334 g/mol. The van der Waals surface area contributed by atoms with Crippen LogP contribution in [0.5, 0.6) is 11.5 Å². The van der Waals surface area contributed by atoms with Gasteiger partial charge in [-0.15, -0.1) is 0 Å². The van der Waals surface area contributed by atoms with Gasteiger partial charge in [0.25, 0.3) is 5.91 Å². The van der Waals surface area contributed by atoms with Crippen LogP contribution in [0.3, 0.4) is 0 Å². The van der Waals surface area contributed by atoms with E-state index >= 15 is 0 Å². The summed E-state index contributed by atoms with van der Waals surface area (Å²) >= 11 is 5.91. The molecular formula is C17H16ClNO4. The van der Waals surface area contributed by atoms with E-state index in [1.807, 2.05) is 0 Å². The van der Waals surface area contributed by atoms with Crippen LogP contribution < -0.4 is 14.8 Å². The largest absolute Gasteiger partial charge is 0.495 e. The number of anilines is 1. The number of amides is 1. The van der Waals surface area contributed by atoms with Crippen LogP contribution in [0.25, 0.3) is 0 Å². The first kappa shape index (κ1) is 16.8. The van der Waals surface area contributed by atoms with Crippen molar-refractivity contribution in [3.05, 3.63) is 53.1 Å². The number of carbonyl (C=O) groups excluding carboxylic acids is 2. The third-order valence-electron chi connectivity index (χ3n) is 3.05. The number of hydrogen-bond donors (Lipinski definition) is 1. The standard InChI is InChI=1S/C17H16ClNO4/c1-11(20)12-4-3-5-14(8-12)23-10-17(21)19-15-9-13(18)6-7-16(15)22-2/h3-9H,10H2,1-2H3,(H,19,21). The molecule has 0 fully saturated rings. The zero-order chi connectivity index (χ0) is 16.8. The molecule has 0 aliphatic carbocycles. The first-order valence-corrected chi connectivity index (χ1v) is 7.24. The molecule has 0 aromatic heterocycles. The fourth-order valence-corrected chi connectivity index (χ4v) is 2.09. The Kier molecular flexibility index (Phi) is 5.60. The average Bonchev–Trinajstić information content (AvgIpc) is 2.53. The Hall–Kier alpha value is -2.53. The summed E-state index contributed by atoms with van der Waals surface area (Å²) in [5.74, 6) is 0.523. The minimum absolute atomic E-state index is 0.0661. The number of Topliss-reactive ketones (excluding diaryl/α,β-unsaturated/α-hetero) is 1. The highest BCUT2D eigenvalue weighted by molar-refractivity contribution is 6.31. The van der Waals surface area contributed by atoms with Crippen molar-refractivity contribution in [2.45, 2.75) is 6.92 Å². The van der Waals surface area contributed by atoms with Crippen LogP contribution in [0, 0.1) is 0 Å². The minimum atomic E-state index is -0.362. The Morgan fingerprint density at radius 2 is 1.96 bits per heavy atom. The molecule has 5 nitrogen and oxygen atoms in total.